The molecule has 2 aliphatic rings. The highest BCUT2D eigenvalue weighted by Crippen LogP contribution is 2.34. The summed E-state index contributed by atoms with van der Waals surface area (Å²) in [5.74, 6) is 0.244. The smallest absolute Gasteiger partial charge is 0.174 e. The second kappa shape index (κ2) is 7.27. The van der Waals surface area contributed by atoms with Crippen LogP contribution in [0.3, 0.4) is 0 Å². The van der Waals surface area contributed by atoms with Gasteiger partial charge in [0, 0.05) is 43.2 Å². The van der Waals surface area contributed by atoms with E-state index in [9.17, 15) is 5.11 Å². The van der Waals surface area contributed by atoms with E-state index in [-0.39, 0.29) is 5.75 Å². The van der Waals surface area contributed by atoms with Gasteiger partial charge >= 0.3 is 0 Å². The molecule has 0 bridgehead atoms. The van der Waals surface area contributed by atoms with Crippen LogP contribution in [0.2, 0.25) is 0 Å². The molecule has 2 unspecified atom stereocenters. The molecule has 0 saturated carbocycles. The summed E-state index contributed by atoms with van der Waals surface area (Å²) >= 11 is 3.53. The maximum atomic E-state index is 10.3. The van der Waals surface area contributed by atoms with Crippen molar-refractivity contribution in [2.24, 2.45) is 9.98 Å². The van der Waals surface area contributed by atoms with Crippen LogP contribution in [0.1, 0.15) is 25.6 Å². The number of rotatable bonds is 3. The second-order valence-electron chi connectivity index (χ2n) is 6.37. The SMILES string of the molecule is CC1CN(C)C(=NC(N=C2SC(C)CN2C)c2ccccc2O)S1. The minimum Gasteiger partial charge on any atom is -0.508 e. The molecule has 24 heavy (non-hydrogen) atoms. The van der Waals surface area contributed by atoms with Crippen LogP contribution in [-0.4, -0.2) is 62.9 Å². The normalized spacial score (nSPS) is 29.0. The lowest BCUT2D eigenvalue weighted by molar-refractivity contribution is 0.461. The predicted octanol–water partition coefficient (Wildman–Crippen LogP) is 3.24. The third kappa shape index (κ3) is 3.83. The van der Waals surface area contributed by atoms with Gasteiger partial charge in [0.15, 0.2) is 16.5 Å². The number of phenols is 1. The van der Waals surface area contributed by atoms with Crippen molar-refractivity contribution >= 4 is 33.9 Å². The molecule has 0 radical (unpaired) electrons. The quantitative estimate of drug-likeness (QED) is 0.892. The summed E-state index contributed by atoms with van der Waals surface area (Å²) < 4.78 is 0. The van der Waals surface area contributed by atoms with E-state index in [0.29, 0.717) is 10.5 Å². The average molecular weight is 365 g/mol. The first-order chi connectivity index (χ1) is 11.4. The van der Waals surface area contributed by atoms with E-state index in [2.05, 4.69) is 37.7 Å². The molecule has 1 aromatic rings. The monoisotopic (exact) mass is 364 g/mol. The van der Waals surface area contributed by atoms with E-state index in [1.807, 2.05) is 18.2 Å². The van der Waals surface area contributed by atoms with Gasteiger partial charge in [0.2, 0.25) is 0 Å². The molecular weight excluding hydrogens is 340 g/mol. The Morgan fingerprint density at radius 2 is 1.50 bits per heavy atom. The highest BCUT2D eigenvalue weighted by atomic mass is 32.2. The Balaban J connectivity index is 1.97. The first-order valence-electron chi connectivity index (χ1n) is 8.13. The van der Waals surface area contributed by atoms with Crippen molar-refractivity contribution in [1.29, 1.82) is 0 Å². The Kier molecular flexibility index (Phi) is 5.30. The van der Waals surface area contributed by atoms with E-state index in [0.717, 1.165) is 29.0 Å². The summed E-state index contributed by atoms with van der Waals surface area (Å²) in [5.41, 5.74) is 0.750. The topological polar surface area (TPSA) is 51.4 Å². The standard InChI is InChI=1S/C17H24N4OS2/c1-11-9-20(3)16(23-11)18-15(13-7-5-6-8-14(13)22)19-17-21(4)10-12(2)24-17/h5-8,11-12,15,22H,9-10H2,1-4H3. The predicted molar refractivity (Wildman–Crippen MR) is 105 cm³/mol. The van der Waals surface area contributed by atoms with Gasteiger partial charge in [-0.2, -0.15) is 0 Å². The third-order valence-corrected chi connectivity index (χ3v) is 6.37. The zero-order chi connectivity index (χ0) is 17.3. The number of hydrogen-bond donors (Lipinski definition) is 1. The number of aromatic hydroxyl groups is 1. The van der Waals surface area contributed by atoms with Gasteiger partial charge in [-0.05, 0) is 6.07 Å². The maximum absolute atomic E-state index is 10.3. The molecule has 2 heterocycles. The fourth-order valence-electron chi connectivity index (χ4n) is 2.88. The summed E-state index contributed by atoms with van der Waals surface area (Å²) in [6.07, 6.45) is -0.420. The number of para-hydroxylation sites is 1. The van der Waals surface area contributed by atoms with Crippen molar-refractivity contribution in [2.75, 3.05) is 27.2 Å². The maximum Gasteiger partial charge on any atom is 0.174 e. The van der Waals surface area contributed by atoms with Crippen LogP contribution in [0.15, 0.2) is 34.3 Å². The van der Waals surface area contributed by atoms with Gasteiger partial charge in [-0.25, -0.2) is 9.98 Å². The first kappa shape index (κ1) is 17.5. The van der Waals surface area contributed by atoms with Crippen molar-refractivity contribution in [2.45, 2.75) is 30.5 Å². The molecule has 1 N–H and O–H groups in total. The minimum atomic E-state index is -0.420. The van der Waals surface area contributed by atoms with Crippen LogP contribution in [0.5, 0.6) is 5.75 Å². The number of aliphatic imine (C=N–C) groups is 2. The van der Waals surface area contributed by atoms with Crippen LogP contribution in [0, 0.1) is 0 Å². The fourth-order valence-corrected chi connectivity index (χ4v) is 5.03. The molecule has 0 amide bonds. The Bertz CT molecular complexity index is 630. The summed E-state index contributed by atoms with van der Waals surface area (Å²) in [5, 5.41) is 13.3. The van der Waals surface area contributed by atoms with Crippen molar-refractivity contribution in [3.05, 3.63) is 29.8 Å². The molecule has 2 fully saturated rings. The number of hydrogen-bond acceptors (Lipinski definition) is 5. The number of nitrogens with zero attached hydrogens (tertiary/aromatic N) is 4. The largest absolute Gasteiger partial charge is 0.508 e. The third-order valence-electron chi connectivity index (χ3n) is 4.01. The van der Waals surface area contributed by atoms with Gasteiger partial charge in [-0.15, -0.1) is 0 Å². The number of phenolic OH excluding ortho intramolecular Hbond substituents is 1. The van der Waals surface area contributed by atoms with Crippen LogP contribution < -0.4 is 0 Å². The Hall–Kier alpha value is -1.34. The molecule has 3 rings (SSSR count). The molecular formula is C17H24N4OS2. The lowest BCUT2D eigenvalue weighted by atomic mass is 10.1. The molecule has 5 nitrogen and oxygen atoms in total. The molecule has 7 heteroatoms. The average Bonchev–Trinajstić information content (AvgIpc) is 3.00. The van der Waals surface area contributed by atoms with E-state index in [4.69, 9.17) is 9.98 Å². The van der Waals surface area contributed by atoms with Crippen LogP contribution in [-0.2, 0) is 0 Å². The van der Waals surface area contributed by atoms with E-state index in [1.54, 1.807) is 29.6 Å². The molecule has 0 aliphatic carbocycles. The Morgan fingerprint density at radius 1 is 1.00 bits per heavy atom. The van der Waals surface area contributed by atoms with Gasteiger partial charge in [-0.3, -0.25) is 0 Å². The van der Waals surface area contributed by atoms with E-state index in [1.165, 1.54) is 0 Å². The van der Waals surface area contributed by atoms with Crippen molar-refractivity contribution in [1.82, 2.24) is 9.80 Å². The number of thioether (sulfide) groups is 2. The summed E-state index contributed by atoms with van der Waals surface area (Å²) in [4.78, 5) is 14.1. The van der Waals surface area contributed by atoms with Crippen molar-refractivity contribution in [3.63, 3.8) is 0 Å². The highest BCUT2D eigenvalue weighted by molar-refractivity contribution is 8.15. The van der Waals surface area contributed by atoms with Crippen LogP contribution in [0.25, 0.3) is 0 Å². The Labute approximate surface area is 152 Å². The summed E-state index contributed by atoms with van der Waals surface area (Å²) in [6.45, 7) is 6.37. The van der Waals surface area contributed by atoms with E-state index < -0.39 is 6.17 Å². The zero-order valence-corrected chi connectivity index (χ0v) is 16.1. The van der Waals surface area contributed by atoms with Gasteiger partial charge in [0.25, 0.3) is 0 Å². The van der Waals surface area contributed by atoms with E-state index >= 15 is 0 Å². The lowest BCUT2D eigenvalue weighted by Gasteiger charge is -2.17. The Morgan fingerprint density at radius 3 is 1.92 bits per heavy atom. The molecule has 2 atom stereocenters. The van der Waals surface area contributed by atoms with Crippen molar-refractivity contribution in [3.8, 4) is 5.75 Å². The van der Waals surface area contributed by atoms with Gasteiger partial charge < -0.3 is 14.9 Å². The fraction of sp³-hybridized carbons (Fsp3) is 0.529. The second-order valence-corrected chi connectivity index (χ2v) is 9.18. The zero-order valence-electron chi connectivity index (χ0n) is 14.5. The van der Waals surface area contributed by atoms with Crippen molar-refractivity contribution < 1.29 is 5.11 Å². The first-order valence-corrected chi connectivity index (χ1v) is 9.89. The molecule has 1 aromatic carbocycles. The number of benzene rings is 1. The molecule has 0 spiro atoms. The highest BCUT2D eigenvalue weighted by Gasteiger charge is 2.27. The summed E-state index contributed by atoms with van der Waals surface area (Å²) in [7, 11) is 4.12. The molecule has 130 valence electrons. The summed E-state index contributed by atoms with van der Waals surface area (Å²) in [6, 6.07) is 7.35. The minimum absolute atomic E-state index is 0.244. The van der Waals surface area contributed by atoms with Gasteiger partial charge in [-0.1, -0.05) is 55.6 Å². The number of amidine groups is 2. The lowest BCUT2D eigenvalue weighted by Crippen LogP contribution is -2.22. The molecule has 2 saturated heterocycles. The molecule has 2 aliphatic heterocycles. The van der Waals surface area contributed by atoms with Gasteiger partial charge in [0.05, 0.1) is 0 Å². The van der Waals surface area contributed by atoms with Crippen LogP contribution in [0.4, 0.5) is 0 Å². The van der Waals surface area contributed by atoms with Gasteiger partial charge in [0.1, 0.15) is 5.75 Å². The molecule has 0 aromatic heterocycles. The van der Waals surface area contributed by atoms with Crippen LogP contribution >= 0.6 is 23.5 Å².